The molecule has 5 heteroatoms. The van der Waals surface area contributed by atoms with Gasteiger partial charge in [0.25, 0.3) is 0 Å². The Kier molecular flexibility index (Phi) is 4.13. The Balaban J connectivity index is 2.74. The van der Waals surface area contributed by atoms with Crippen LogP contribution < -0.4 is 10.6 Å². The first-order valence-electron chi connectivity index (χ1n) is 4.68. The minimum atomic E-state index is -0.495. The van der Waals surface area contributed by atoms with Crippen molar-refractivity contribution in [2.75, 3.05) is 7.05 Å². The van der Waals surface area contributed by atoms with Gasteiger partial charge in [-0.1, -0.05) is 42.0 Å². The fourth-order valence-corrected chi connectivity index (χ4v) is 1.27. The van der Waals surface area contributed by atoms with E-state index >= 15 is 0 Å². The molecule has 0 heterocycles. The van der Waals surface area contributed by atoms with E-state index in [1.165, 1.54) is 7.05 Å². The minimum Gasteiger partial charge on any atom is -0.341 e. The zero-order valence-electron chi connectivity index (χ0n) is 9.03. The number of amides is 2. The molecular formula is C11H12N2O2S. The first kappa shape index (κ1) is 12.3. The molecule has 0 aliphatic rings. The molecule has 0 radical (unpaired) electrons. The van der Waals surface area contributed by atoms with Gasteiger partial charge in [0.15, 0.2) is 4.99 Å². The molecule has 1 rings (SSSR count). The molecule has 0 atom stereocenters. The quantitative estimate of drug-likeness (QED) is 0.603. The lowest BCUT2D eigenvalue weighted by Gasteiger charge is -2.05. The lowest BCUT2D eigenvalue weighted by Crippen LogP contribution is -2.40. The molecule has 0 aliphatic heterocycles. The van der Waals surface area contributed by atoms with E-state index in [-0.39, 0.29) is 10.8 Å². The molecular weight excluding hydrogens is 224 g/mol. The maximum atomic E-state index is 11.7. The first-order chi connectivity index (χ1) is 7.54. The zero-order chi connectivity index (χ0) is 12.1. The monoisotopic (exact) mass is 236 g/mol. The van der Waals surface area contributed by atoms with E-state index in [4.69, 9.17) is 12.2 Å². The zero-order valence-corrected chi connectivity index (χ0v) is 9.85. The highest BCUT2D eigenvalue weighted by Crippen LogP contribution is 2.04. The van der Waals surface area contributed by atoms with Gasteiger partial charge in [0, 0.05) is 12.6 Å². The summed E-state index contributed by atoms with van der Waals surface area (Å²) in [7, 11) is 1.45. The molecule has 4 nitrogen and oxygen atoms in total. The molecule has 1 aromatic carbocycles. The number of urea groups is 1. The number of carbonyl (C=O) groups excluding carboxylic acids is 2. The third-order valence-electron chi connectivity index (χ3n) is 1.97. The van der Waals surface area contributed by atoms with Gasteiger partial charge < -0.3 is 5.32 Å². The van der Waals surface area contributed by atoms with Crippen molar-refractivity contribution in [3.05, 3.63) is 35.4 Å². The van der Waals surface area contributed by atoms with Crippen molar-refractivity contribution in [3.8, 4) is 0 Å². The predicted octanol–water partition coefficient (Wildman–Crippen LogP) is 1.43. The van der Waals surface area contributed by atoms with Gasteiger partial charge in [-0.05, 0) is 6.92 Å². The topological polar surface area (TPSA) is 58.2 Å². The maximum Gasteiger partial charge on any atom is 0.319 e. The van der Waals surface area contributed by atoms with Gasteiger partial charge >= 0.3 is 6.03 Å². The number of nitrogens with one attached hydrogen (secondary N) is 2. The number of hydrogen-bond acceptors (Lipinski definition) is 3. The summed E-state index contributed by atoms with van der Waals surface area (Å²) in [5, 5.41) is 4.60. The Hall–Kier alpha value is -1.75. The average Bonchev–Trinajstić information content (AvgIpc) is 2.28. The van der Waals surface area contributed by atoms with Crippen molar-refractivity contribution in [1.29, 1.82) is 0 Å². The van der Waals surface area contributed by atoms with Crippen LogP contribution in [0.15, 0.2) is 24.3 Å². The molecule has 16 heavy (non-hydrogen) atoms. The van der Waals surface area contributed by atoms with Crippen molar-refractivity contribution >= 4 is 29.0 Å². The van der Waals surface area contributed by atoms with Crippen LogP contribution in [-0.2, 0) is 0 Å². The first-order valence-corrected chi connectivity index (χ1v) is 5.09. The molecule has 84 valence electrons. The van der Waals surface area contributed by atoms with Crippen molar-refractivity contribution in [3.63, 3.8) is 0 Å². The second-order valence-corrected chi connectivity index (χ2v) is 3.64. The Morgan fingerprint density at radius 1 is 1.19 bits per heavy atom. The fraction of sp³-hybridized carbons (Fsp3) is 0.182. The summed E-state index contributed by atoms with van der Waals surface area (Å²) in [6, 6.07) is 6.49. The normalized spacial score (nSPS) is 9.38. The Morgan fingerprint density at radius 3 is 2.25 bits per heavy atom. The van der Waals surface area contributed by atoms with Gasteiger partial charge in [-0.15, -0.1) is 0 Å². The number of Topliss-reactive ketones (excluding diaryl/α,β-unsaturated/α-hetero) is 1. The smallest absolute Gasteiger partial charge is 0.319 e. The van der Waals surface area contributed by atoms with Gasteiger partial charge in [0.1, 0.15) is 0 Å². The number of rotatable bonds is 2. The second kappa shape index (κ2) is 5.37. The summed E-state index contributed by atoms with van der Waals surface area (Å²) in [6.45, 7) is 1.93. The van der Waals surface area contributed by atoms with Gasteiger partial charge in [0.2, 0.25) is 5.78 Å². The van der Waals surface area contributed by atoms with Gasteiger partial charge in [-0.2, -0.15) is 0 Å². The lowest BCUT2D eigenvalue weighted by atomic mass is 10.1. The van der Waals surface area contributed by atoms with E-state index in [9.17, 15) is 9.59 Å². The van der Waals surface area contributed by atoms with E-state index in [2.05, 4.69) is 10.6 Å². The summed E-state index contributed by atoms with van der Waals surface area (Å²) in [5.74, 6) is -0.362. The highest BCUT2D eigenvalue weighted by molar-refractivity contribution is 7.82. The molecule has 2 N–H and O–H groups in total. The lowest BCUT2D eigenvalue weighted by molar-refractivity contribution is 0.106. The summed E-state index contributed by atoms with van der Waals surface area (Å²) < 4.78 is 0. The number of benzene rings is 1. The Morgan fingerprint density at radius 2 is 1.75 bits per heavy atom. The predicted molar refractivity (Wildman–Crippen MR) is 65.7 cm³/mol. The average molecular weight is 236 g/mol. The van der Waals surface area contributed by atoms with Crippen LogP contribution in [0.5, 0.6) is 0 Å². The van der Waals surface area contributed by atoms with E-state index < -0.39 is 6.03 Å². The number of ketones is 1. The van der Waals surface area contributed by atoms with Crippen LogP contribution in [-0.4, -0.2) is 23.9 Å². The van der Waals surface area contributed by atoms with E-state index in [0.717, 1.165) is 5.56 Å². The standard InChI is InChI=1S/C11H12N2O2S/c1-7-3-5-8(6-4-7)9(14)10(16)13-11(15)12-2/h3-6H,1-2H3,(H2,12,13,15,16). The van der Waals surface area contributed by atoms with Crippen molar-refractivity contribution in [1.82, 2.24) is 10.6 Å². The summed E-state index contributed by atoms with van der Waals surface area (Å²) in [5.41, 5.74) is 1.52. The number of hydrogen-bond donors (Lipinski definition) is 2. The summed E-state index contributed by atoms with van der Waals surface area (Å²) in [6.07, 6.45) is 0. The van der Waals surface area contributed by atoms with Crippen molar-refractivity contribution in [2.45, 2.75) is 6.92 Å². The number of aryl methyl sites for hydroxylation is 1. The van der Waals surface area contributed by atoms with E-state index in [1.54, 1.807) is 12.1 Å². The van der Waals surface area contributed by atoms with Gasteiger partial charge in [-0.25, -0.2) is 4.79 Å². The van der Waals surface area contributed by atoms with Gasteiger partial charge in [0.05, 0.1) is 0 Å². The number of thiocarbonyl (C=S) groups is 1. The molecule has 2 amide bonds. The largest absolute Gasteiger partial charge is 0.341 e. The van der Waals surface area contributed by atoms with Crippen molar-refractivity contribution < 1.29 is 9.59 Å². The molecule has 0 saturated carbocycles. The van der Waals surface area contributed by atoms with Crippen LogP contribution in [0.2, 0.25) is 0 Å². The molecule has 0 aromatic heterocycles. The SMILES string of the molecule is CNC(=O)NC(=S)C(=O)c1ccc(C)cc1. The van der Waals surface area contributed by atoms with Crippen molar-refractivity contribution in [2.24, 2.45) is 0 Å². The molecule has 1 aromatic rings. The van der Waals surface area contributed by atoms with Crippen LogP contribution in [0, 0.1) is 6.92 Å². The molecule has 0 fully saturated rings. The molecule has 0 aliphatic carbocycles. The van der Waals surface area contributed by atoms with Crippen LogP contribution in [0.1, 0.15) is 15.9 Å². The Bertz CT molecular complexity index is 426. The van der Waals surface area contributed by atoms with Crippen LogP contribution in [0.3, 0.4) is 0 Å². The third kappa shape index (κ3) is 3.13. The van der Waals surface area contributed by atoms with Crippen LogP contribution in [0.25, 0.3) is 0 Å². The van der Waals surface area contributed by atoms with Crippen LogP contribution >= 0.6 is 12.2 Å². The number of carbonyl (C=O) groups is 2. The van der Waals surface area contributed by atoms with Gasteiger partial charge in [-0.3, -0.25) is 10.1 Å². The third-order valence-corrected chi connectivity index (χ3v) is 2.26. The summed E-state index contributed by atoms with van der Waals surface area (Å²) >= 11 is 4.81. The highest BCUT2D eigenvalue weighted by Gasteiger charge is 2.13. The van der Waals surface area contributed by atoms with E-state index in [1.807, 2.05) is 19.1 Å². The maximum absolute atomic E-state index is 11.7. The fourth-order valence-electron chi connectivity index (χ4n) is 1.06. The van der Waals surface area contributed by atoms with Crippen LogP contribution in [0.4, 0.5) is 4.79 Å². The molecule has 0 spiro atoms. The minimum absolute atomic E-state index is 0.108. The Labute approximate surface area is 99.0 Å². The highest BCUT2D eigenvalue weighted by atomic mass is 32.1. The molecule has 0 saturated heterocycles. The molecule has 0 bridgehead atoms. The second-order valence-electron chi connectivity index (χ2n) is 3.23. The molecule has 0 unspecified atom stereocenters. The summed E-state index contributed by atoms with van der Waals surface area (Å²) in [4.78, 5) is 22.6. The van der Waals surface area contributed by atoms with E-state index in [0.29, 0.717) is 5.56 Å².